The van der Waals surface area contributed by atoms with Crippen molar-refractivity contribution >= 4 is 6.21 Å². The Hall–Kier alpha value is -0.710. The Kier molecular flexibility index (Phi) is 7.21. The molecule has 88 valence electrons. The Labute approximate surface area is 91.3 Å². The van der Waals surface area contributed by atoms with Gasteiger partial charge in [0.15, 0.2) is 0 Å². The fourth-order valence-corrected chi connectivity index (χ4v) is 1.79. The van der Waals surface area contributed by atoms with Gasteiger partial charge in [0.1, 0.15) is 0 Å². The molecule has 0 radical (unpaired) electrons. The summed E-state index contributed by atoms with van der Waals surface area (Å²) in [7, 11) is 2.68. The van der Waals surface area contributed by atoms with Gasteiger partial charge in [-0.25, -0.2) is 0 Å². The van der Waals surface area contributed by atoms with Crippen molar-refractivity contribution in [2.45, 2.75) is 19.4 Å². The third-order valence-corrected chi connectivity index (χ3v) is 2.60. The number of hydrogen-bond donors (Lipinski definition) is 2. The summed E-state index contributed by atoms with van der Waals surface area (Å²) in [5.74, 6) is 0. The van der Waals surface area contributed by atoms with Crippen LogP contribution in [0.2, 0.25) is 0 Å². The summed E-state index contributed by atoms with van der Waals surface area (Å²) in [6.45, 7) is 2.76. The van der Waals surface area contributed by atoms with Gasteiger partial charge in [-0.2, -0.15) is 0 Å². The van der Waals surface area contributed by atoms with Crippen molar-refractivity contribution < 1.29 is 14.9 Å². The van der Waals surface area contributed by atoms with Crippen LogP contribution in [0.5, 0.6) is 0 Å². The van der Waals surface area contributed by atoms with Gasteiger partial charge in [-0.3, -0.25) is 4.99 Å². The SMILES string of the molecule is CCC(OC)C1(CO)C=CC=NC1.CO. The molecule has 1 aliphatic rings. The third kappa shape index (κ3) is 3.41. The first-order valence-electron chi connectivity index (χ1n) is 5.05. The van der Waals surface area contributed by atoms with Crippen LogP contribution in [0, 0.1) is 5.41 Å². The van der Waals surface area contributed by atoms with E-state index in [0.717, 1.165) is 13.5 Å². The number of allylic oxidation sites excluding steroid dienone is 1. The first-order valence-corrected chi connectivity index (χ1v) is 5.05. The lowest BCUT2D eigenvalue weighted by Gasteiger charge is -2.35. The van der Waals surface area contributed by atoms with Gasteiger partial charge in [0.2, 0.25) is 0 Å². The summed E-state index contributed by atoms with van der Waals surface area (Å²) in [6, 6.07) is 0. The Morgan fingerprint density at radius 2 is 2.20 bits per heavy atom. The quantitative estimate of drug-likeness (QED) is 0.723. The molecule has 2 atom stereocenters. The van der Waals surface area contributed by atoms with Crippen LogP contribution >= 0.6 is 0 Å². The molecular weight excluding hydrogens is 194 g/mol. The largest absolute Gasteiger partial charge is 0.400 e. The molecule has 0 aromatic carbocycles. The molecule has 4 nitrogen and oxygen atoms in total. The van der Waals surface area contributed by atoms with Crippen LogP contribution in [0.4, 0.5) is 0 Å². The average Bonchev–Trinajstić information content (AvgIpc) is 2.34. The summed E-state index contributed by atoms with van der Waals surface area (Å²) < 4.78 is 5.35. The van der Waals surface area contributed by atoms with E-state index in [1.807, 2.05) is 12.2 Å². The fourth-order valence-electron chi connectivity index (χ4n) is 1.79. The maximum atomic E-state index is 9.37. The monoisotopic (exact) mass is 215 g/mol. The van der Waals surface area contributed by atoms with Gasteiger partial charge < -0.3 is 14.9 Å². The molecular formula is C11H21NO3. The zero-order chi connectivity index (χ0) is 11.7. The predicted octanol–water partition coefficient (Wildman–Crippen LogP) is 0.639. The second-order valence-electron chi connectivity index (χ2n) is 3.37. The van der Waals surface area contributed by atoms with Crippen LogP contribution in [0.25, 0.3) is 0 Å². The third-order valence-electron chi connectivity index (χ3n) is 2.60. The summed E-state index contributed by atoms with van der Waals surface area (Å²) in [4.78, 5) is 4.17. The molecule has 1 rings (SSSR count). The first kappa shape index (κ1) is 14.3. The second-order valence-corrected chi connectivity index (χ2v) is 3.37. The van der Waals surface area contributed by atoms with E-state index in [0.29, 0.717) is 6.54 Å². The predicted molar refractivity (Wildman–Crippen MR) is 61.2 cm³/mol. The van der Waals surface area contributed by atoms with E-state index >= 15 is 0 Å². The van der Waals surface area contributed by atoms with Crippen molar-refractivity contribution in [1.82, 2.24) is 0 Å². The van der Waals surface area contributed by atoms with Crippen molar-refractivity contribution in [2.75, 3.05) is 27.4 Å². The number of aliphatic imine (C=N–C) groups is 1. The van der Waals surface area contributed by atoms with Gasteiger partial charge in [-0.05, 0) is 12.5 Å². The maximum Gasteiger partial charge on any atom is 0.0699 e. The highest BCUT2D eigenvalue weighted by Crippen LogP contribution is 2.29. The van der Waals surface area contributed by atoms with Crippen LogP contribution in [0.15, 0.2) is 17.1 Å². The average molecular weight is 215 g/mol. The van der Waals surface area contributed by atoms with E-state index in [-0.39, 0.29) is 18.1 Å². The smallest absolute Gasteiger partial charge is 0.0699 e. The van der Waals surface area contributed by atoms with Crippen LogP contribution in [0.3, 0.4) is 0 Å². The highest BCUT2D eigenvalue weighted by molar-refractivity contribution is 5.72. The van der Waals surface area contributed by atoms with Crippen LogP contribution in [-0.2, 0) is 4.74 Å². The minimum absolute atomic E-state index is 0.0474. The van der Waals surface area contributed by atoms with E-state index in [4.69, 9.17) is 9.84 Å². The maximum absolute atomic E-state index is 9.37. The van der Waals surface area contributed by atoms with Crippen molar-refractivity contribution in [3.05, 3.63) is 12.2 Å². The molecule has 15 heavy (non-hydrogen) atoms. The number of aliphatic hydroxyl groups is 2. The molecule has 1 heterocycles. The van der Waals surface area contributed by atoms with Crippen LogP contribution in [0.1, 0.15) is 13.3 Å². The molecule has 0 aromatic rings. The standard InChI is InChI=1S/C10H17NO2.CH4O/c1-3-9(13-2)10(8-12)5-4-6-11-7-10;1-2/h4-6,9,12H,3,7-8H2,1-2H3;2H,1H3. The molecule has 0 spiro atoms. The molecule has 1 aliphatic heterocycles. The number of rotatable bonds is 4. The minimum Gasteiger partial charge on any atom is -0.400 e. The summed E-state index contributed by atoms with van der Waals surface area (Å²) >= 11 is 0. The van der Waals surface area contributed by atoms with Gasteiger partial charge in [0, 0.05) is 20.4 Å². The molecule has 2 N–H and O–H groups in total. The van der Waals surface area contributed by atoms with Gasteiger partial charge >= 0.3 is 0 Å². The van der Waals surface area contributed by atoms with E-state index in [1.165, 1.54) is 0 Å². The van der Waals surface area contributed by atoms with E-state index in [9.17, 15) is 5.11 Å². The molecule has 0 aliphatic carbocycles. The number of hydrogen-bond acceptors (Lipinski definition) is 4. The Morgan fingerprint density at radius 3 is 2.53 bits per heavy atom. The first-order chi connectivity index (χ1) is 7.29. The van der Waals surface area contributed by atoms with E-state index in [2.05, 4.69) is 11.9 Å². The minimum atomic E-state index is -0.307. The summed E-state index contributed by atoms with van der Waals surface area (Å²) in [5, 5.41) is 16.4. The van der Waals surface area contributed by atoms with Crippen molar-refractivity contribution in [1.29, 1.82) is 0 Å². The number of ether oxygens (including phenoxy) is 1. The molecule has 0 saturated heterocycles. The molecule has 0 amide bonds. The van der Waals surface area contributed by atoms with E-state index < -0.39 is 0 Å². The van der Waals surface area contributed by atoms with Crippen molar-refractivity contribution in [3.8, 4) is 0 Å². The zero-order valence-corrected chi connectivity index (χ0v) is 9.68. The number of methoxy groups -OCH3 is 1. The van der Waals surface area contributed by atoms with Gasteiger partial charge in [0.05, 0.1) is 24.7 Å². The van der Waals surface area contributed by atoms with Crippen molar-refractivity contribution in [2.24, 2.45) is 10.4 Å². The highest BCUT2D eigenvalue weighted by Gasteiger charge is 2.35. The van der Waals surface area contributed by atoms with Crippen LogP contribution < -0.4 is 0 Å². The Bertz CT molecular complexity index is 212. The van der Waals surface area contributed by atoms with Gasteiger partial charge in [-0.15, -0.1) is 0 Å². The zero-order valence-electron chi connectivity index (χ0n) is 9.68. The topological polar surface area (TPSA) is 62.0 Å². The summed E-state index contributed by atoms with van der Waals surface area (Å²) in [6.07, 6.45) is 6.57. The van der Waals surface area contributed by atoms with Crippen LogP contribution in [-0.4, -0.2) is 49.9 Å². The normalized spacial score (nSPS) is 25.7. The Balaban J connectivity index is 0.000000921. The highest BCUT2D eigenvalue weighted by atomic mass is 16.5. The molecule has 4 heteroatoms. The van der Waals surface area contributed by atoms with E-state index in [1.54, 1.807) is 13.3 Å². The van der Waals surface area contributed by atoms with Crippen molar-refractivity contribution in [3.63, 3.8) is 0 Å². The Morgan fingerprint density at radius 1 is 1.53 bits per heavy atom. The second kappa shape index (κ2) is 7.56. The van der Waals surface area contributed by atoms with Gasteiger partial charge in [0.25, 0.3) is 0 Å². The lowest BCUT2D eigenvalue weighted by Crippen LogP contribution is -2.41. The molecule has 0 fully saturated rings. The molecule has 0 aromatic heterocycles. The number of aliphatic hydroxyl groups excluding tert-OH is 2. The lowest BCUT2D eigenvalue weighted by atomic mass is 9.80. The lowest BCUT2D eigenvalue weighted by molar-refractivity contribution is -0.0138. The summed E-state index contributed by atoms with van der Waals surface area (Å²) in [5.41, 5.74) is -0.307. The van der Waals surface area contributed by atoms with Gasteiger partial charge in [-0.1, -0.05) is 13.0 Å². The molecule has 0 bridgehead atoms. The fraction of sp³-hybridized carbons (Fsp3) is 0.727. The number of nitrogens with zero attached hydrogens (tertiary/aromatic N) is 1. The molecule has 2 unspecified atom stereocenters. The molecule has 0 saturated carbocycles. The number of dihydropyridines is 1.